The van der Waals surface area contributed by atoms with Gasteiger partial charge in [0.1, 0.15) is 5.75 Å². The van der Waals surface area contributed by atoms with E-state index in [4.69, 9.17) is 0 Å². The van der Waals surface area contributed by atoms with E-state index in [1.165, 1.54) is 12.2 Å². The second-order valence-electron chi connectivity index (χ2n) is 3.24. The standard InChI is InChI=1S/C12H12F2O3/c1-2-17-12(16)5-3-4-8-6-9(13)10(14)7-11(8)15/h3-4,6-7,15H,2,5H2,1H3. The van der Waals surface area contributed by atoms with Crippen molar-refractivity contribution in [3.05, 3.63) is 35.4 Å². The Hall–Kier alpha value is -1.91. The second kappa shape index (κ2) is 5.98. The molecule has 0 saturated carbocycles. The summed E-state index contributed by atoms with van der Waals surface area (Å²) in [6, 6.07) is 1.53. The van der Waals surface area contributed by atoms with Gasteiger partial charge in [-0.2, -0.15) is 0 Å². The molecule has 0 unspecified atom stereocenters. The first kappa shape index (κ1) is 13.2. The molecule has 0 spiro atoms. The number of esters is 1. The highest BCUT2D eigenvalue weighted by atomic mass is 19.2. The van der Waals surface area contributed by atoms with Crippen LogP contribution >= 0.6 is 0 Å². The summed E-state index contributed by atoms with van der Waals surface area (Å²) in [4.78, 5) is 11.0. The molecule has 1 rings (SSSR count). The Morgan fingerprint density at radius 1 is 1.41 bits per heavy atom. The fraction of sp³-hybridized carbons (Fsp3) is 0.250. The van der Waals surface area contributed by atoms with Gasteiger partial charge in [0, 0.05) is 11.6 Å². The molecule has 1 N–H and O–H groups in total. The minimum Gasteiger partial charge on any atom is -0.507 e. The van der Waals surface area contributed by atoms with Crippen molar-refractivity contribution in [3.8, 4) is 5.75 Å². The van der Waals surface area contributed by atoms with E-state index in [0.717, 1.165) is 6.07 Å². The fourth-order valence-corrected chi connectivity index (χ4v) is 1.19. The molecule has 0 amide bonds. The molecule has 3 nitrogen and oxygen atoms in total. The van der Waals surface area contributed by atoms with Crippen LogP contribution in [0.25, 0.3) is 6.08 Å². The summed E-state index contributed by atoms with van der Waals surface area (Å²) in [5.74, 6) is -2.99. The van der Waals surface area contributed by atoms with Crippen LogP contribution in [0.15, 0.2) is 18.2 Å². The van der Waals surface area contributed by atoms with Gasteiger partial charge >= 0.3 is 5.97 Å². The van der Waals surface area contributed by atoms with Crippen LogP contribution in [0.1, 0.15) is 18.9 Å². The lowest BCUT2D eigenvalue weighted by Gasteiger charge is -2.00. The highest BCUT2D eigenvalue weighted by Crippen LogP contribution is 2.22. The molecule has 0 atom stereocenters. The predicted octanol–water partition coefficient (Wildman–Crippen LogP) is 2.64. The van der Waals surface area contributed by atoms with Gasteiger partial charge in [-0.05, 0) is 13.0 Å². The molecule has 0 fully saturated rings. The van der Waals surface area contributed by atoms with Crippen LogP contribution in [-0.4, -0.2) is 17.7 Å². The molecule has 92 valence electrons. The molecule has 0 saturated heterocycles. The molecule has 0 radical (unpaired) electrons. The maximum absolute atomic E-state index is 12.9. The number of phenols is 1. The molecular formula is C12H12F2O3. The third kappa shape index (κ3) is 3.86. The summed E-state index contributed by atoms with van der Waals surface area (Å²) in [7, 11) is 0. The Labute approximate surface area is 97.3 Å². The first-order valence-electron chi connectivity index (χ1n) is 5.04. The predicted molar refractivity (Wildman–Crippen MR) is 58.3 cm³/mol. The van der Waals surface area contributed by atoms with Crippen LogP contribution in [0.2, 0.25) is 0 Å². The zero-order chi connectivity index (χ0) is 12.8. The molecule has 0 heterocycles. The molecule has 1 aromatic carbocycles. The van der Waals surface area contributed by atoms with Gasteiger partial charge in [-0.1, -0.05) is 12.2 Å². The van der Waals surface area contributed by atoms with E-state index < -0.39 is 17.6 Å². The summed E-state index contributed by atoms with van der Waals surface area (Å²) in [5.41, 5.74) is 0.105. The first-order chi connectivity index (χ1) is 8.04. The minimum atomic E-state index is -1.12. The van der Waals surface area contributed by atoms with Gasteiger partial charge in [0.2, 0.25) is 0 Å². The fourth-order valence-electron chi connectivity index (χ4n) is 1.19. The molecule has 0 aliphatic rings. The van der Waals surface area contributed by atoms with E-state index in [2.05, 4.69) is 4.74 Å². The Morgan fingerprint density at radius 3 is 2.71 bits per heavy atom. The molecule has 0 bridgehead atoms. The lowest BCUT2D eigenvalue weighted by Crippen LogP contribution is -2.01. The number of ether oxygens (including phenoxy) is 1. The van der Waals surface area contributed by atoms with Crippen molar-refractivity contribution in [2.24, 2.45) is 0 Å². The number of phenolic OH excluding ortho intramolecular Hbond substituents is 1. The zero-order valence-electron chi connectivity index (χ0n) is 9.24. The van der Waals surface area contributed by atoms with Crippen LogP contribution in [0.4, 0.5) is 8.78 Å². The van der Waals surface area contributed by atoms with E-state index in [0.29, 0.717) is 6.07 Å². The Morgan fingerprint density at radius 2 is 2.06 bits per heavy atom. The van der Waals surface area contributed by atoms with Crippen molar-refractivity contribution < 1.29 is 23.4 Å². The largest absolute Gasteiger partial charge is 0.507 e. The smallest absolute Gasteiger partial charge is 0.309 e. The Balaban J connectivity index is 2.71. The van der Waals surface area contributed by atoms with E-state index in [-0.39, 0.29) is 24.3 Å². The van der Waals surface area contributed by atoms with Crippen LogP contribution in [0.5, 0.6) is 5.75 Å². The van der Waals surface area contributed by atoms with Crippen molar-refractivity contribution >= 4 is 12.0 Å². The third-order valence-corrected chi connectivity index (χ3v) is 1.96. The molecule has 17 heavy (non-hydrogen) atoms. The van der Waals surface area contributed by atoms with Gasteiger partial charge in [-0.15, -0.1) is 0 Å². The van der Waals surface area contributed by atoms with Crippen LogP contribution in [0, 0.1) is 11.6 Å². The van der Waals surface area contributed by atoms with Crippen molar-refractivity contribution in [1.82, 2.24) is 0 Å². The Bertz CT molecular complexity index is 442. The maximum atomic E-state index is 12.9. The van der Waals surface area contributed by atoms with Crippen molar-refractivity contribution in [2.75, 3.05) is 6.61 Å². The molecule has 5 heteroatoms. The maximum Gasteiger partial charge on any atom is 0.309 e. The molecule has 1 aromatic rings. The monoisotopic (exact) mass is 242 g/mol. The number of aromatic hydroxyl groups is 1. The zero-order valence-corrected chi connectivity index (χ0v) is 9.24. The van der Waals surface area contributed by atoms with E-state index >= 15 is 0 Å². The van der Waals surface area contributed by atoms with Gasteiger partial charge in [0.15, 0.2) is 11.6 Å². The highest BCUT2D eigenvalue weighted by Gasteiger charge is 2.06. The van der Waals surface area contributed by atoms with Crippen LogP contribution in [-0.2, 0) is 9.53 Å². The number of rotatable bonds is 4. The lowest BCUT2D eigenvalue weighted by atomic mass is 10.1. The summed E-state index contributed by atoms with van der Waals surface area (Å²) in [6.07, 6.45) is 2.74. The number of carbonyl (C=O) groups is 1. The summed E-state index contributed by atoms with van der Waals surface area (Å²) >= 11 is 0. The van der Waals surface area contributed by atoms with Crippen molar-refractivity contribution in [1.29, 1.82) is 0 Å². The van der Waals surface area contributed by atoms with E-state index in [1.54, 1.807) is 6.92 Å². The number of hydrogen-bond donors (Lipinski definition) is 1. The van der Waals surface area contributed by atoms with Gasteiger partial charge in [0.25, 0.3) is 0 Å². The average molecular weight is 242 g/mol. The number of hydrogen-bond acceptors (Lipinski definition) is 3. The van der Waals surface area contributed by atoms with Crippen LogP contribution < -0.4 is 0 Å². The van der Waals surface area contributed by atoms with Crippen LogP contribution in [0.3, 0.4) is 0 Å². The molecule has 0 aliphatic heterocycles. The molecule has 0 aliphatic carbocycles. The first-order valence-corrected chi connectivity index (χ1v) is 5.04. The SMILES string of the molecule is CCOC(=O)CC=Cc1cc(F)c(F)cc1O. The van der Waals surface area contributed by atoms with E-state index in [1.807, 2.05) is 0 Å². The minimum absolute atomic E-state index is 0.00623. The number of benzene rings is 1. The molecule has 0 aromatic heterocycles. The number of halogens is 2. The highest BCUT2D eigenvalue weighted by molar-refractivity contribution is 5.73. The third-order valence-electron chi connectivity index (χ3n) is 1.96. The van der Waals surface area contributed by atoms with E-state index in [9.17, 15) is 18.7 Å². The topological polar surface area (TPSA) is 46.5 Å². The normalized spacial score (nSPS) is 10.8. The summed E-state index contributed by atoms with van der Waals surface area (Å²) in [5, 5.41) is 9.31. The second-order valence-corrected chi connectivity index (χ2v) is 3.24. The Kier molecular flexibility index (Phi) is 4.63. The van der Waals surface area contributed by atoms with Gasteiger partial charge in [-0.3, -0.25) is 4.79 Å². The van der Waals surface area contributed by atoms with Gasteiger partial charge < -0.3 is 9.84 Å². The average Bonchev–Trinajstić information content (AvgIpc) is 2.26. The van der Waals surface area contributed by atoms with Crippen molar-refractivity contribution in [2.45, 2.75) is 13.3 Å². The lowest BCUT2D eigenvalue weighted by molar-refractivity contribution is -0.142. The quantitative estimate of drug-likeness (QED) is 0.825. The summed E-state index contributed by atoms with van der Waals surface area (Å²) < 4.78 is 30.2. The summed E-state index contributed by atoms with van der Waals surface area (Å²) in [6.45, 7) is 1.96. The van der Waals surface area contributed by atoms with Gasteiger partial charge in [0.05, 0.1) is 13.0 Å². The number of carbonyl (C=O) groups excluding carboxylic acids is 1. The van der Waals surface area contributed by atoms with Gasteiger partial charge in [-0.25, -0.2) is 8.78 Å². The molecular weight excluding hydrogens is 230 g/mol. The van der Waals surface area contributed by atoms with Crippen molar-refractivity contribution in [3.63, 3.8) is 0 Å².